The summed E-state index contributed by atoms with van der Waals surface area (Å²) in [6.45, 7) is 12.3. The topological polar surface area (TPSA) is 104 Å². The third-order valence-corrected chi connectivity index (χ3v) is 8.77. The van der Waals surface area contributed by atoms with Gasteiger partial charge in [0, 0.05) is 68.2 Å². The van der Waals surface area contributed by atoms with E-state index in [4.69, 9.17) is 4.74 Å². The molecule has 0 fully saturated rings. The third-order valence-electron chi connectivity index (χ3n) is 8.77. The second-order valence-electron chi connectivity index (χ2n) is 12.0. The number of ether oxygens (including phenoxy) is 1. The van der Waals surface area contributed by atoms with Crippen molar-refractivity contribution >= 4 is 34.0 Å². The molecule has 0 bridgehead atoms. The highest BCUT2D eigenvalue weighted by Crippen LogP contribution is 2.40. The number of hydrogen-bond donors (Lipinski definition) is 1. The van der Waals surface area contributed by atoms with Crippen molar-refractivity contribution in [3.8, 4) is 5.75 Å². The maximum absolute atomic E-state index is 13.2. The summed E-state index contributed by atoms with van der Waals surface area (Å²) in [5.41, 5.74) is 2.35. The standard InChI is InChI=1S/C34H42N6O4/c1-7-40-29-14-13-26(21-30(29)37(6)32(42)34(4,5)33(40)43)44-20-10-16-38(24(3)28-22-35-36-23(28)2)18-19-39-17-15-25-11-8-9-12-27(25)31(39)41/h8-9,11-15,17,21-22,24H,7,10,16,18-20H2,1-6H3,(H,35,36). The predicted molar refractivity (Wildman–Crippen MR) is 173 cm³/mol. The Labute approximate surface area is 258 Å². The molecule has 4 aromatic rings. The van der Waals surface area contributed by atoms with Crippen molar-refractivity contribution in [1.29, 1.82) is 0 Å². The van der Waals surface area contributed by atoms with E-state index in [0.29, 0.717) is 43.4 Å². The number of hydrogen-bond acceptors (Lipinski definition) is 6. The normalized spacial score (nSPS) is 15.5. The smallest absolute Gasteiger partial charge is 0.258 e. The van der Waals surface area contributed by atoms with Gasteiger partial charge in [-0.2, -0.15) is 5.10 Å². The number of fused-ring (bicyclic) bond motifs is 2. The number of carbonyl (C=O) groups excluding carboxylic acids is 2. The Morgan fingerprint density at radius 1 is 1.02 bits per heavy atom. The van der Waals surface area contributed by atoms with Gasteiger partial charge in [-0.25, -0.2) is 0 Å². The van der Waals surface area contributed by atoms with Crippen molar-refractivity contribution in [3.05, 3.63) is 82.5 Å². The molecule has 1 N–H and O–H groups in total. The van der Waals surface area contributed by atoms with Crippen LogP contribution in [0.5, 0.6) is 5.75 Å². The van der Waals surface area contributed by atoms with Gasteiger partial charge in [0.2, 0.25) is 11.8 Å². The van der Waals surface area contributed by atoms with Gasteiger partial charge in [0.15, 0.2) is 0 Å². The second-order valence-corrected chi connectivity index (χ2v) is 12.0. The van der Waals surface area contributed by atoms with Gasteiger partial charge in [0.05, 0.1) is 24.2 Å². The monoisotopic (exact) mass is 598 g/mol. The molecule has 10 heteroatoms. The number of rotatable bonds is 11. The van der Waals surface area contributed by atoms with Crippen molar-refractivity contribution in [2.75, 3.05) is 43.1 Å². The van der Waals surface area contributed by atoms with E-state index in [0.717, 1.165) is 35.0 Å². The number of aromatic amines is 1. The van der Waals surface area contributed by atoms with Crippen LogP contribution in [0.2, 0.25) is 0 Å². The van der Waals surface area contributed by atoms with E-state index >= 15 is 0 Å². The predicted octanol–water partition coefficient (Wildman–Crippen LogP) is 4.92. The Morgan fingerprint density at radius 2 is 1.80 bits per heavy atom. The molecule has 0 aliphatic carbocycles. The van der Waals surface area contributed by atoms with E-state index in [9.17, 15) is 14.4 Å². The molecule has 232 valence electrons. The number of nitrogens with zero attached hydrogens (tertiary/aromatic N) is 5. The molecular formula is C34H42N6O4. The molecule has 2 amide bonds. The molecule has 0 spiro atoms. The fourth-order valence-electron chi connectivity index (χ4n) is 6.05. The third kappa shape index (κ3) is 5.86. The fourth-order valence-corrected chi connectivity index (χ4v) is 6.05. The average molecular weight is 599 g/mol. The van der Waals surface area contributed by atoms with Gasteiger partial charge >= 0.3 is 0 Å². The second kappa shape index (κ2) is 12.7. The van der Waals surface area contributed by atoms with Gasteiger partial charge in [-0.15, -0.1) is 0 Å². The molecule has 10 nitrogen and oxygen atoms in total. The minimum Gasteiger partial charge on any atom is -0.493 e. The Morgan fingerprint density at radius 3 is 2.52 bits per heavy atom. The minimum atomic E-state index is -1.16. The molecule has 5 rings (SSSR count). The zero-order valence-electron chi connectivity index (χ0n) is 26.5. The number of pyridine rings is 1. The van der Waals surface area contributed by atoms with Crippen molar-refractivity contribution < 1.29 is 14.3 Å². The molecule has 0 radical (unpaired) electrons. The Kier molecular flexibility index (Phi) is 8.92. The van der Waals surface area contributed by atoms with Gasteiger partial charge in [0.25, 0.3) is 5.56 Å². The Hall–Kier alpha value is -4.44. The molecule has 44 heavy (non-hydrogen) atoms. The number of aryl methyl sites for hydroxylation is 1. The summed E-state index contributed by atoms with van der Waals surface area (Å²) in [6, 6.07) is 15.3. The van der Waals surface area contributed by atoms with Crippen molar-refractivity contribution in [3.63, 3.8) is 0 Å². The number of nitrogens with one attached hydrogen (secondary N) is 1. The van der Waals surface area contributed by atoms with Crippen molar-refractivity contribution in [1.82, 2.24) is 19.7 Å². The quantitative estimate of drug-likeness (QED) is 0.194. The van der Waals surface area contributed by atoms with E-state index in [1.54, 1.807) is 35.3 Å². The summed E-state index contributed by atoms with van der Waals surface area (Å²) in [6.07, 6.45) is 4.48. The lowest BCUT2D eigenvalue weighted by Crippen LogP contribution is -2.47. The van der Waals surface area contributed by atoms with Crippen LogP contribution in [0.4, 0.5) is 11.4 Å². The summed E-state index contributed by atoms with van der Waals surface area (Å²) >= 11 is 0. The molecule has 0 saturated carbocycles. The molecule has 2 aromatic carbocycles. The van der Waals surface area contributed by atoms with Gasteiger partial charge in [-0.05, 0) is 70.7 Å². The highest BCUT2D eigenvalue weighted by molar-refractivity contribution is 6.20. The van der Waals surface area contributed by atoms with E-state index in [1.807, 2.05) is 74.8 Å². The first-order valence-corrected chi connectivity index (χ1v) is 15.2. The van der Waals surface area contributed by atoms with Crippen LogP contribution in [0.1, 0.15) is 51.4 Å². The molecule has 1 unspecified atom stereocenters. The van der Waals surface area contributed by atoms with Crippen LogP contribution in [0, 0.1) is 12.3 Å². The van der Waals surface area contributed by atoms with Gasteiger partial charge in [-0.1, -0.05) is 18.2 Å². The first-order chi connectivity index (χ1) is 21.0. The van der Waals surface area contributed by atoms with Crippen LogP contribution in [0.3, 0.4) is 0 Å². The highest BCUT2D eigenvalue weighted by atomic mass is 16.5. The van der Waals surface area contributed by atoms with E-state index in [2.05, 4.69) is 22.0 Å². The highest BCUT2D eigenvalue weighted by Gasteiger charge is 2.45. The van der Waals surface area contributed by atoms with Crippen LogP contribution < -0.4 is 20.1 Å². The van der Waals surface area contributed by atoms with E-state index < -0.39 is 5.41 Å². The maximum Gasteiger partial charge on any atom is 0.258 e. The van der Waals surface area contributed by atoms with Crippen molar-refractivity contribution in [2.24, 2.45) is 5.41 Å². The van der Waals surface area contributed by atoms with Gasteiger partial charge in [0.1, 0.15) is 11.2 Å². The average Bonchev–Trinajstić information content (AvgIpc) is 3.45. The summed E-state index contributed by atoms with van der Waals surface area (Å²) in [4.78, 5) is 45.1. The van der Waals surface area contributed by atoms with Crippen LogP contribution in [-0.4, -0.2) is 64.8 Å². The Balaban J connectivity index is 1.28. The molecule has 1 aliphatic heterocycles. The maximum atomic E-state index is 13.2. The van der Waals surface area contributed by atoms with Crippen molar-refractivity contribution in [2.45, 2.75) is 53.6 Å². The van der Waals surface area contributed by atoms with E-state index in [1.165, 1.54) is 0 Å². The number of amides is 2. The number of carbonyl (C=O) groups is 2. The summed E-state index contributed by atoms with van der Waals surface area (Å²) in [5.74, 6) is 0.179. The SMILES string of the molecule is CCN1C(=O)C(C)(C)C(=O)N(C)c2cc(OCCCN(CCn3ccc4ccccc4c3=O)C(C)c3cn[nH]c3C)ccc21. The van der Waals surface area contributed by atoms with Crippen LogP contribution in [0.15, 0.2) is 65.7 Å². The lowest BCUT2D eigenvalue weighted by Gasteiger charge is -2.29. The van der Waals surface area contributed by atoms with Gasteiger partial charge in [-0.3, -0.25) is 24.4 Å². The lowest BCUT2D eigenvalue weighted by molar-refractivity contribution is -0.137. The molecular weight excluding hydrogens is 556 g/mol. The largest absolute Gasteiger partial charge is 0.493 e. The van der Waals surface area contributed by atoms with Gasteiger partial charge < -0.3 is 19.1 Å². The first kappa shape index (κ1) is 31.0. The summed E-state index contributed by atoms with van der Waals surface area (Å²) < 4.78 is 7.95. The summed E-state index contributed by atoms with van der Waals surface area (Å²) in [7, 11) is 1.71. The number of aromatic nitrogens is 3. The number of anilines is 2. The molecule has 0 saturated heterocycles. The molecule has 2 aromatic heterocycles. The zero-order valence-corrected chi connectivity index (χ0v) is 26.5. The van der Waals surface area contributed by atoms with Crippen LogP contribution in [-0.2, 0) is 16.1 Å². The Bertz CT molecular complexity index is 1720. The lowest BCUT2D eigenvalue weighted by atomic mass is 9.90. The number of benzene rings is 2. The van der Waals surface area contributed by atoms with Crippen LogP contribution in [0.25, 0.3) is 10.8 Å². The minimum absolute atomic E-state index is 0.0110. The molecule has 1 atom stereocenters. The van der Waals surface area contributed by atoms with Crippen LogP contribution >= 0.6 is 0 Å². The summed E-state index contributed by atoms with van der Waals surface area (Å²) in [5, 5.41) is 8.92. The fraction of sp³-hybridized carbons (Fsp3) is 0.412. The first-order valence-electron chi connectivity index (χ1n) is 15.2. The molecule has 3 heterocycles. The number of H-pyrrole nitrogens is 1. The molecule has 1 aliphatic rings. The zero-order chi connectivity index (χ0) is 31.6. The van der Waals surface area contributed by atoms with E-state index in [-0.39, 0.29) is 23.4 Å².